The molecule has 0 bridgehead atoms. The molecule has 0 aliphatic carbocycles. The minimum Gasteiger partial charge on any atom is -0.364 e. The maximum absolute atomic E-state index is 13.2. The number of ether oxygens (including phenoxy) is 1. The lowest BCUT2D eigenvalue weighted by Crippen LogP contribution is -2.53. The normalized spacial score (nSPS) is 23.3. The van der Waals surface area contributed by atoms with E-state index in [1.807, 2.05) is 0 Å². The van der Waals surface area contributed by atoms with Crippen molar-refractivity contribution in [1.29, 1.82) is 0 Å². The van der Waals surface area contributed by atoms with Crippen molar-refractivity contribution in [3.05, 3.63) is 35.6 Å². The number of benzene rings is 1. The number of hydrogen-bond donors (Lipinski definition) is 1. The Balaban J connectivity index is 0.00000225. The van der Waals surface area contributed by atoms with E-state index in [0.717, 1.165) is 6.42 Å². The third kappa shape index (κ3) is 4.48. The summed E-state index contributed by atoms with van der Waals surface area (Å²) in [7, 11) is 0. The Bertz CT molecular complexity index is 623. The third-order valence-electron chi connectivity index (χ3n) is 4.60. The van der Waals surface area contributed by atoms with Gasteiger partial charge in [0.15, 0.2) is 0 Å². The van der Waals surface area contributed by atoms with E-state index in [4.69, 9.17) is 10.5 Å². The van der Waals surface area contributed by atoms with Crippen LogP contribution in [0.2, 0.25) is 0 Å². The van der Waals surface area contributed by atoms with Gasteiger partial charge in [-0.3, -0.25) is 9.59 Å². The van der Waals surface area contributed by atoms with Crippen molar-refractivity contribution < 1.29 is 18.7 Å². The Labute approximate surface area is 152 Å². The third-order valence-corrected chi connectivity index (χ3v) is 4.60. The predicted molar refractivity (Wildman–Crippen MR) is 93.1 cm³/mol. The SMILES string of the molecule is Cl.NC[C@H]1CC[C@@H](C(=O)N2CCN(C(=O)c3cccc(F)c3)CC2)O1. The fraction of sp³-hybridized carbons (Fsp3) is 0.529. The van der Waals surface area contributed by atoms with Crippen molar-refractivity contribution in [2.24, 2.45) is 5.73 Å². The van der Waals surface area contributed by atoms with Gasteiger partial charge in [-0.25, -0.2) is 4.39 Å². The molecule has 2 saturated heterocycles. The van der Waals surface area contributed by atoms with Crippen molar-refractivity contribution in [3.8, 4) is 0 Å². The molecule has 2 aliphatic rings. The Morgan fingerprint density at radius 3 is 2.44 bits per heavy atom. The van der Waals surface area contributed by atoms with Gasteiger partial charge in [0.25, 0.3) is 11.8 Å². The lowest BCUT2D eigenvalue weighted by Gasteiger charge is -2.35. The fourth-order valence-electron chi connectivity index (χ4n) is 3.20. The zero-order valence-electron chi connectivity index (χ0n) is 13.9. The molecule has 1 aromatic carbocycles. The maximum atomic E-state index is 13.2. The molecule has 0 unspecified atom stereocenters. The number of nitrogens with two attached hydrogens (primary N) is 1. The number of amides is 2. The minimum atomic E-state index is -0.428. The summed E-state index contributed by atoms with van der Waals surface area (Å²) in [5, 5.41) is 0. The number of nitrogens with zero attached hydrogens (tertiary/aromatic N) is 2. The van der Waals surface area contributed by atoms with Gasteiger partial charge in [0, 0.05) is 38.3 Å². The van der Waals surface area contributed by atoms with Crippen LogP contribution in [0.1, 0.15) is 23.2 Å². The van der Waals surface area contributed by atoms with Crippen molar-refractivity contribution in [2.45, 2.75) is 25.0 Å². The molecule has 0 spiro atoms. The van der Waals surface area contributed by atoms with Crippen LogP contribution in [0.4, 0.5) is 4.39 Å². The van der Waals surface area contributed by atoms with Gasteiger partial charge in [-0.1, -0.05) is 6.07 Å². The van der Waals surface area contributed by atoms with Crippen molar-refractivity contribution in [2.75, 3.05) is 32.7 Å². The largest absolute Gasteiger partial charge is 0.364 e. The first-order valence-electron chi connectivity index (χ1n) is 8.27. The quantitative estimate of drug-likeness (QED) is 0.861. The lowest BCUT2D eigenvalue weighted by molar-refractivity contribution is -0.144. The molecule has 3 rings (SSSR count). The smallest absolute Gasteiger partial charge is 0.254 e. The summed E-state index contributed by atoms with van der Waals surface area (Å²) < 4.78 is 18.9. The van der Waals surface area contributed by atoms with E-state index in [1.165, 1.54) is 18.2 Å². The molecule has 2 amide bonds. The molecular weight excluding hydrogens is 349 g/mol. The van der Waals surface area contributed by atoms with Crippen molar-refractivity contribution in [3.63, 3.8) is 0 Å². The Morgan fingerprint density at radius 2 is 1.84 bits per heavy atom. The lowest BCUT2D eigenvalue weighted by atomic mass is 10.1. The van der Waals surface area contributed by atoms with E-state index >= 15 is 0 Å². The number of hydrogen-bond acceptors (Lipinski definition) is 4. The minimum absolute atomic E-state index is 0. The van der Waals surface area contributed by atoms with Crippen molar-refractivity contribution in [1.82, 2.24) is 9.80 Å². The van der Waals surface area contributed by atoms with Gasteiger partial charge in [-0.15, -0.1) is 12.4 Å². The summed E-state index contributed by atoms with van der Waals surface area (Å²) >= 11 is 0. The van der Waals surface area contributed by atoms with E-state index in [0.29, 0.717) is 44.7 Å². The van der Waals surface area contributed by atoms with Gasteiger partial charge in [-0.05, 0) is 31.0 Å². The van der Waals surface area contributed by atoms with Gasteiger partial charge in [0.1, 0.15) is 11.9 Å². The molecule has 6 nitrogen and oxygen atoms in total. The molecule has 138 valence electrons. The van der Waals surface area contributed by atoms with E-state index < -0.39 is 11.9 Å². The molecular formula is C17H23ClFN3O3. The molecule has 2 aliphatic heterocycles. The summed E-state index contributed by atoms with van der Waals surface area (Å²) in [5.74, 6) is -0.659. The van der Waals surface area contributed by atoms with Crippen LogP contribution in [-0.2, 0) is 9.53 Å². The van der Waals surface area contributed by atoms with Crippen LogP contribution in [0.15, 0.2) is 24.3 Å². The van der Waals surface area contributed by atoms with Crippen LogP contribution in [-0.4, -0.2) is 66.5 Å². The number of halogens is 2. The Kier molecular flexibility index (Phi) is 6.75. The standard InChI is InChI=1S/C17H22FN3O3.ClH/c18-13-3-1-2-12(10-13)16(22)20-6-8-21(9-7-20)17(23)15-5-4-14(11-19)24-15;/h1-3,10,14-15H,4-9,11,19H2;1H/t14-,15+;/m1./s1. The number of rotatable bonds is 3. The Morgan fingerprint density at radius 1 is 1.16 bits per heavy atom. The summed E-state index contributed by atoms with van der Waals surface area (Å²) in [4.78, 5) is 28.2. The van der Waals surface area contributed by atoms with E-state index in [1.54, 1.807) is 15.9 Å². The number of carbonyl (C=O) groups is 2. The molecule has 2 heterocycles. The van der Waals surface area contributed by atoms with Gasteiger partial charge in [-0.2, -0.15) is 0 Å². The van der Waals surface area contributed by atoms with Crippen LogP contribution in [0.5, 0.6) is 0 Å². The molecule has 1 aromatic rings. The average molecular weight is 372 g/mol. The first-order chi connectivity index (χ1) is 11.6. The van der Waals surface area contributed by atoms with Gasteiger partial charge in [0.2, 0.25) is 0 Å². The molecule has 25 heavy (non-hydrogen) atoms. The second-order valence-electron chi connectivity index (χ2n) is 6.19. The Hall–Kier alpha value is -1.70. The van der Waals surface area contributed by atoms with Crippen LogP contribution in [0.25, 0.3) is 0 Å². The first kappa shape index (κ1) is 19.6. The van der Waals surface area contributed by atoms with E-state index in [2.05, 4.69) is 0 Å². The van der Waals surface area contributed by atoms with Crippen LogP contribution >= 0.6 is 12.4 Å². The second-order valence-corrected chi connectivity index (χ2v) is 6.19. The summed E-state index contributed by atoms with van der Waals surface area (Å²) in [6, 6.07) is 5.67. The van der Waals surface area contributed by atoms with Gasteiger partial charge >= 0.3 is 0 Å². The summed E-state index contributed by atoms with van der Waals surface area (Å²) in [5.41, 5.74) is 5.90. The highest BCUT2D eigenvalue weighted by atomic mass is 35.5. The predicted octanol–water partition coefficient (Wildman–Crippen LogP) is 1.04. The maximum Gasteiger partial charge on any atom is 0.254 e. The van der Waals surface area contributed by atoms with Crippen LogP contribution < -0.4 is 5.73 Å². The summed E-state index contributed by atoms with van der Waals surface area (Å²) in [6.45, 7) is 2.24. The molecule has 2 fully saturated rings. The highest BCUT2D eigenvalue weighted by molar-refractivity contribution is 5.94. The zero-order valence-corrected chi connectivity index (χ0v) is 14.7. The van der Waals surface area contributed by atoms with E-state index in [-0.39, 0.29) is 30.3 Å². The molecule has 0 radical (unpaired) electrons. The molecule has 0 aromatic heterocycles. The topological polar surface area (TPSA) is 75.9 Å². The molecule has 2 N–H and O–H groups in total. The van der Waals surface area contributed by atoms with Gasteiger partial charge in [0.05, 0.1) is 6.10 Å². The second kappa shape index (κ2) is 8.60. The van der Waals surface area contributed by atoms with Gasteiger partial charge < -0.3 is 20.3 Å². The average Bonchev–Trinajstić information content (AvgIpc) is 3.10. The highest BCUT2D eigenvalue weighted by Crippen LogP contribution is 2.21. The van der Waals surface area contributed by atoms with Crippen LogP contribution in [0, 0.1) is 5.82 Å². The highest BCUT2D eigenvalue weighted by Gasteiger charge is 2.34. The van der Waals surface area contributed by atoms with Crippen LogP contribution in [0.3, 0.4) is 0 Å². The van der Waals surface area contributed by atoms with Crippen molar-refractivity contribution >= 4 is 24.2 Å². The number of carbonyl (C=O) groups excluding carboxylic acids is 2. The molecule has 8 heteroatoms. The monoisotopic (exact) mass is 371 g/mol. The summed E-state index contributed by atoms with van der Waals surface area (Å²) in [6.07, 6.45) is 1.06. The molecule has 2 atom stereocenters. The zero-order chi connectivity index (χ0) is 17.1. The number of piperazine rings is 1. The fourth-order valence-corrected chi connectivity index (χ4v) is 3.20. The molecule has 0 saturated carbocycles. The first-order valence-corrected chi connectivity index (χ1v) is 8.27. The van der Waals surface area contributed by atoms with E-state index in [9.17, 15) is 14.0 Å².